The van der Waals surface area contributed by atoms with Crippen molar-refractivity contribution in [3.05, 3.63) is 70.2 Å². The smallest absolute Gasteiger partial charge is 0.295 e. The number of carbonyl (C=O) groups is 1. The zero-order valence-corrected chi connectivity index (χ0v) is 16.7. The number of carbonyl (C=O) groups excluding carboxylic acids is 1. The van der Waals surface area contributed by atoms with Crippen LogP contribution in [-0.2, 0) is 19.5 Å². The van der Waals surface area contributed by atoms with Gasteiger partial charge in [-0.15, -0.1) is 16.4 Å². The molecule has 0 saturated heterocycles. The van der Waals surface area contributed by atoms with Crippen LogP contribution in [0.3, 0.4) is 0 Å². The van der Waals surface area contributed by atoms with Crippen molar-refractivity contribution in [1.29, 1.82) is 0 Å². The first-order valence-electron chi connectivity index (χ1n) is 9.40. The second-order valence-electron chi connectivity index (χ2n) is 7.02. The molecule has 0 bridgehead atoms. The number of amides is 1. The lowest BCUT2D eigenvalue weighted by molar-refractivity contribution is 0.101. The quantitative estimate of drug-likeness (QED) is 0.562. The SMILES string of the molecule is Cc1ccnc2nc(C(=O)Nc3nc4c(s3)CN(Cc3ccccc3)CC4)nn12. The summed E-state index contributed by atoms with van der Waals surface area (Å²) in [6, 6.07) is 12.3. The van der Waals surface area contributed by atoms with Crippen molar-refractivity contribution in [1.82, 2.24) is 29.5 Å². The molecule has 0 unspecified atom stereocenters. The molecular formula is C20H19N7OS. The Morgan fingerprint density at radius 2 is 2.07 bits per heavy atom. The fraction of sp³-hybridized carbons (Fsp3) is 0.250. The minimum atomic E-state index is -0.373. The Morgan fingerprint density at radius 3 is 2.90 bits per heavy atom. The van der Waals surface area contributed by atoms with Crippen molar-refractivity contribution in [2.75, 3.05) is 11.9 Å². The highest BCUT2D eigenvalue weighted by Gasteiger charge is 2.22. The molecular weight excluding hydrogens is 386 g/mol. The first kappa shape index (κ1) is 17.9. The van der Waals surface area contributed by atoms with Crippen LogP contribution >= 0.6 is 11.3 Å². The number of aryl methyl sites for hydroxylation is 1. The minimum absolute atomic E-state index is 0.0886. The van der Waals surface area contributed by atoms with E-state index in [9.17, 15) is 4.79 Å². The van der Waals surface area contributed by atoms with Gasteiger partial charge in [-0.2, -0.15) is 4.98 Å². The molecule has 0 spiro atoms. The largest absolute Gasteiger partial charge is 0.297 e. The van der Waals surface area contributed by atoms with Gasteiger partial charge < -0.3 is 0 Å². The summed E-state index contributed by atoms with van der Waals surface area (Å²) in [5.41, 5.74) is 3.23. The second kappa shape index (κ2) is 7.34. The maximum absolute atomic E-state index is 12.6. The van der Waals surface area contributed by atoms with Gasteiger partial charge in [0.25, 0.3) is 11.7 Å². The number of thiazole rings is 1. The van der Waals surface area contributed by atoms with Gasteiger partial charge in [-0.25, -0.2) is 14.5 Å². The standard InChI is InChI=1S/C20H19N7OS/c1-13-7-9-21-19-23-17(25-27(13)19)18(28)24-20-22-15-8-10-26(12-16(15)29-20)11-14-5-3-2-4-6-14/h2-7,9H,8,10-12H2,1H3,(H,22,24,28). The monoisotopic (exact) mass is 405 g/mol. The highest BCUT2D eigenvalue weighted by molar-refractivity contribution is 7.15. The van der Waals surface area contributed by atoms with Crippen LogP contribution in [0.5, 0.6) is 0 Å². The van der Waals surface area contributed by atoms with Gasteiger partial charge in [-0.1, -0.05) is 30.3 Å². The summed E-state index contributed by atoms with van der Waals surface area (Å²) in [6.07, 6.45) is 2.53. The van der Waals surface area contributed by atoms with Gasteiger partial charge in [-0.05, 0) is 18.6 Å². The molecule has 9 heteroatoms. The van der Waals surface area contributed by atoms with Crippen LogP contribution in [-0.4, -0.2) is 41.9 Å². The van der Waals surface area contributed by atoms with E-state index < -0.39 is 0 Å². The summed E-state index contributed by atoms with van der Waals surface area (Å²) in [5.74, 6) is 0.123. The number of nitrogens with one attached hydrogen (secondary N) is 1. The van der Waals surface area contributed by atoms with Gasteiger partial charge in [-0.3, -0.25) is 15.0 Å². The van der Waals surface area contributed by atoms with Crippen LogP contribution in [0.2, 0.25) is 0 Å². The summed E-state index contributed by atoms with van der Waals surface area (Å²) >= 11 is 1.52. The van der Waals surface area contributed by atoms with E-state index in [1.165, 1.54) is 21.8 Å². The third kappa shape index (κ3) is 3.62. The Bertz CT molecular complexity index is 1180. The first-order chi connectivity index (χ1) is 14.2. The number of rotatable bonds is 4. The zero-order chi connectivity index (χ0) is 19.8. The molecule has 1 N–H and O–H groups in total. The molecule has 4 heterocycles. The summed E-state index contributed by atoms with van der Waals surface area (Å²) in [7, 11) is 0. The molecule has 1 amide bonds. The van der Waals surface area contributed by atoms with E-state index in [1.807, 2.05) is 19.1 Å². The normalized spacial score (nSPS) is 14.1. The van der Waals surface area contributed by atoms with Gasteiger partial charge in [0.05, 0.1) is 5.69 Å². The van der Waals surface area contributed by atoms with Crippen molar-refractivity contribution in [2.24, 2.45) is 0 Å². The number of nitrogens with zero attached hydrogens (tertiary/aromatic N) is 6. The Kier molecular flexibility index (Phi) is 4.53. The van der Waals surface area contributed by atoms with Crippen LogP contribution < -0.4 is 5.32 Å². The number of anilines is 1. The van der Waals surface area contributed by atoms with E-state index in [4.69, 9.17) is 0 Å². The Hall–Kier alpha value is -3.17. The molecule has 1 aromatic carbocycles. The summed E-state index contributed by atoms with van der Waals surface area (Å²) in [6.45, 7) is 4.60. The number of fused-ring (bicyclic) bond motifs is 2. The van der Waals surface area contributed by atoms with E-state index in [0.717, 1.165) is 37.4 Å². The number of hydrogen-bond donors (Lipinski definition) is 1. The fourth-order valence-electron chi connectivity index (χ4n) is 3.43. The van der Waals surface area contributed by atoms with Crippen LogP contribution in [0.25, 0.3) is 5.78 Å². The van der Waals surface area contributed by atoms with Gasteiger partial charge in [0.1, 0.15) is 0 Å². The average molecular weight is 405 g/mol. The number of aromatic nitrogens is 5. The second-order valence-corrected chi connectivity index (χ2v) is 8.11. The van der Waals surface area contributed by atoms with Crippen molar-refractivity contribution < 1.29 is 4.79 Å². The maximum Gasteiger partial charge on any atom is 0.297 e. The van der Waals surface area contributed by atoms with E-state index in [-0.39, 0.29) is 11.7 Å². The van der Waals surface area contributed by atoms with Crippen molar-refractivity contribution in [2.45, 2.75) is 26.4 Å². The predicted octanol–water partition coefficient (Wildman–Crippen LogP) is 2.70. The van der Waals surface area contributed by atoms with E-state index in [0.29, 0.717) is 10.9 Å². The van der Waals surface area contributed by atoms with Gasteiger partial charge in [0.15, 0.2) is 5.13 Å². The third-order valence-corrected chi connectivity index (χ3v) is 5.91. The molecule has 1 aliphatic rings. The maximum atomic E-state index is 12.6. The number of benzene rings is 1. The molecule has 0 fully saturated rings. The van der Waals surface area contributed by atoms with Gasteiger partial charge in [0, 0.05) is 42.8 Å². The third-order valence-electron chi connectivity index (χ3n) is 4.91. The van der Waals surface area contributed by atoms with Crippen molar-refractivity contribution in [3.8, 4) is 0 Å². The molecule has 0 aliphatic carbocycles. The molecule has 0 atom stereocenters. The van der Waals surface area contributed by atoms with E-state index in [1.54, 1.807) is 10.7 Å². The lowest BCUT2D eigenvalue weighted by Crippen LogP contribution is -2.29. The van der Waals surface area contributed by atoms with Crippen molar-refractivity contribution in [3.63, 3.8) is 0 Å². The molecule has 8 nitrogen and oxygen atoms in total. The van der Waals surface area contributed by atoms with Crippen LogP contribution in [0.1, 0.15) is 32.4 Å². The molecule has 3 aromatic heterocycles. The lowest BCUT2D eigenvalue weighted by atomic mass is 10.1. The molecule has 0 saturated carbocycles. The molecule has 4 aromatic rings. The van der Waals surface area contributed by atoms with Crippen LogP contribution in [0, 0.1) is 6.92 Å². The summed E-state index contributed by atoms with van der Waals surface area (Å²) in [4.78, 5) is 29.1. The molecule has 29 heavy (non-hydrogen) atoms. The highest BCUT2D eigenvalue weighted by atomic mass is 32.1. The van der Waals surface area contributed by atoms with Crippen LogP contribution in [0.4, 0.5) is 5.13 Å². The number of hydrogen-bond acceptors (Lipinski definition) is 7. The van der Waals surface area contributed by atoms with Crippen molar-refractivity contribution >= 4 is 28.2 Å². The average Bonchev–Trinajstić information content (AvgIpc) is 3.33. The Labute approximate surface area is 171 Å². The fourth-order valence-corrected chi connectivity index (χ4v) is 4.48. The lowest BCUT2D eigenvalue weighted by Gasteiger charge is -2.25. The van der Waals surface area contributed by atoms with Gasteiger partial charge >= 0.3 is 0 Å². The minimum Gasteiger partial charge on any atom is -0.295 e. The van der Waals surface area contributed by atoms with E-state index in [2.05, 4.69) is 54.5 Å². The molecule has 146 valence electrons. The predicted molar refractivity (Wildman–Crippen MR) is 110 cm³/mol. The Balaban J connectivity index is 1.29. The highest BCUT2D eigenvalue weighted by Crippen LogP contribution is 2.29. The first-order valence-corrected chi connectivity index (χ1v) is 10.2. The summed E-state index contributed by atoms with van der Waals surface area (Å²) < 4.78 is 1.56. The topological polar surface area (TPSA) is 88.3 Å². The summed E-state index contributed by atoms with van der Waals surface area (Å²) in [5, 5.41) is 7.68. The Morgan fingerprint density at radius 1 is 1.21 bits per heavy atom. The van der Waals surface area contributed by atoms with Crippen LogP contribution in [0.15, 0.2) is 42.6 Å². The molecule has 5 rings (SSSR count). The molecule has 1 aliphatic heterocycles. The zero-order valence-electron chi connectivity index (χ0n) is 15.9. The van der Waals surface area contributed by atoms with Gasteiger partial charge in [0.2, 0.25) is 5.82 Å². The molecule has 0 radical (unpaired) electrons. The van der Waals surface area contributed by atoms with E-state index >= 15 is 0 Å².